The lowest BCUT2D eigenvalue weighted by atomic mass is 9.80. The molecule has 0 aromatic heterocycles. The predicted molar refractivity (Wildman–Crippen MR) is 45.9 cm³/mol. The van der Waals surface area contributed by atoms with Crippen molar-refractivity contribution in [3.63, 3.8) is 0 Å². The van der Waals surface area contributed by atoms with Gasteiger partial charge in [-0.15, -0.1) is 0 Å². The maximum absolute atomic E-state index is 9.71. The number of hydrogen-bond donors (Lipinski definition) is 2. The van der Waals surface area contributed by atoms with Crippen LogP contribution in [0.3, 0.4) is 0 Å². The molecule has 0 heterocycles. The molecular weight excluding hydrogens is 156 g/mol. The molecule has 0 aromatic carbocycles. The van der Waals surface area contributed by atoms with Gasteiger partial charge in [0.25, 0.3) is 0 Å². The number of methoxy groups -OCH3 is 1. The molecule has 0 bridgehead atoms. The van der Waals surface area contributed by atoms with E-state index in [1.807, 2.05) is 0 Å². The second kappa shape index (κ2) is 4.21. The molecule has 0 amide bonds. The molecule has 3 nitrogen and oxygen atoms in total. The lowest BCUT2D eigenvalue weighted by Crippen LogP contribution is -2.47. The Bertz CT molecular complexity index is 134. The van der Waals surface area contributed by atoms with Gasteiger partial charge in [-0.3, -0.25) is 0 Å². The molecule has 1 unspecified atom stereocenters. The summed E-state index contributed by atoms with van der Waals surface area (Å²) in [6, 6.07) is 0. The SMILES string of the molecule is COC1(CCO)CCCC[C@H]1O. The van der Waals surface area contributed by atoms with Gasteiger partial charge in [-0.05, 0) is 12.8 Å². The number of aliphatic hydroxyl groups excluding tert-OH is 2. The zero-order valence-electron chi connectivity index (χ0n) is 7.62. The van der Waals surface area contributed by atoms with Gasteiger partial charge >= 0.3 is 0 Å². The van der Waals surface area contributed by atoms with Crippen LogP contribution in [0.25, 0.3) is 0 Å². The van der Waals surface area contributed by atoms with Gasteiger partial charge in [-0.1, -0.05) is 12.8 Å². The first kappa shape index (κ1) is 9.96. The smallest absolute Gasteiger partial charge is 0.0958 e. The number of aliphatic hydroxyl groups is 2. The fraction of sp³-hybridized carbons (Fsp3) is 1.00. The summed E-state index contributed by atoms with van der Waals surface area (Å²) in [6.07, 6.45) is 3.97. The third-order valence-corrected chi connectivity index (χ3v) is 2.88. The molecule has 72 valence electrons. The summed E-state index contributed by atoms with van der Waals surface area (Å²) in [5.74, 6) is 0. The van der Waals surface area contributed by atoms with Crippen LogP contribution in [0, 0.1) is 0 Å². The predicted octanol–water partition coefficient (Wildman–Crippen LogP) is 0.689. The minimum atomic E-state index is -0.465. The Morgan fingerprint density at radius 1 is 1.50 bits per heavy atom. The van der Waals surface area contributed by atoms with Gasteiger partial charge in [0, 0.05) is 20.1 Å². The Morgan fingerprint density at radius 3 is 2.75 bits per heavy atom. The number of hydrogen-bond acceptors (Lipinski definition) is 3. The van der Waals surface area contributed by atoms with E-state index in [9.17, 15) is 5.11 Å². The van der Waals surface area contributed by atoms with E-state index in [0.717, 1.165) is 25.7 Å². The molecule has 1 aliphatic carbocycles. The molecule has 0 saturated heterocycles. The molecule has 0 aromatic rings. The lowest BCUT2D eigenvalue weighted by Gasteiger charge is -2.39. The molecular formula is C9H18O3. The first-order chi connectivity index (χ1) is 5.75. The highest BCUT2D eigenvalue weighted by Crippen LogP contribution is 2.33. The van der Waals surface area contributed by atoms with Crippen LogP contribution >= 0.6 is 0 Å². The molecule has 1 rings (SSSR count). The molecule has 2 N–H and O–H groups in total. The van der Waals surface area contributed by atoms with Crippen molar-refractivity contribution in [1.82, 2.24) is 0 Å². The van der Waals surface area contributed by atoms with Crippen molar-refractivity contribution in [2.24, 2.45) is 0 Å². The van der Waals surface area contributed by atoms with Crippen LogP contribution in [-0.2, 0) is 4.74 Å². The van der Waals surface area contributed by atoms with Crippen LogP contribution in [0.1, 0.15) is 32.1 Å². The minimum absolute atomic E-state index is 0.0882. The Balaban J connectivity index is 2.60. The fourth-order valence-electron chi connectivity index (χ4n) is 2.01. The summed E-state index contributed by atoms with van der Waals surface area (Å²) in [7, 11) is 1.62. The third-order valence-electron chi connectivity index (χ3n) is 2.88. The molecule has 0 aliphatic heterocycles. The van der Waals surface area contributed by atoms with Crippen molar-refractivity contribution < 1.29 is 14.9 Å². The Labute approximate surface area is 73.4 Å². The fourth-order valence-corrected chi connectivity index (χ4v) is 2.01. The summed E-state index contributed by atoms with van der Waals surface area (Å²) in [4.78, 5) is 0. The maximum Gasteiger partial charge on any atom is 0.0958 e. The number of rotatable bonds is 3. The van der Waals surface area contributed by atoms with E-state index >= 15 is 0 Å². The highest BCUT2D eigenvalue weighted by Gasteiger charge is 2.39. The second-order valence-electron chi connectivity index (χ2n) is 3.50. The van der Waals surface area contributed by atoms with Crippen LogP contribution in [0.5, 0.6) is 0 Å². The molecule has 0 spiro atoms. The second-order valence-corrected chi connectivity index (χ2v) is 3.50. The quantitative estimate of drug-likeness (QED) is 0.661. The average Bonchev–Trinajstić information content (AvgIpc) is 2.10. The molecule has 1 saturated carbocycles. The van der Waals surface area contributed by atoms with Gasteiger partial charge in [0.15, 0.2) is 0 Å². The van der Waals surface area contributed by atoms with Crippen molar-refractivity contribution in [2.75, 3.05) is 13.7 Å². The molecule has 3 heteroatoms. The number of ether oxygens (including phenoxy) is 1. The summed E-state index contributed by atoms with van der Waals surface area (Å²) in [5, 5.41) is 18.6. The van der Waals surface area contributed by atoms with Crippen LogP contribution in [0.15, 0.2) is 0 Å². The molecule has 1 fully saturated rings. The van der Waals surface area contributed by atoms with Crippen LogP contribution in [-0.4, -0.2) is 35.6 Å². The molecule has 0 radical (unpaired) electrons. The van der Waals surface area contributed by atoms with Gasteiger partial charge in [0.2, 0.25) is 0 Å². The molecule has 2 atom stereocenters. The first-order valence-corrected chi connectivity index (χ1v) is 4.59. The normalized spacial score (nSPS) is 36.8. The molecule has 12 heavy (non-hydrogen) atoms. The van der Waals surface area contributed by atoms with Crippen molar-refractivity contribution >= 4 is 0 Å². The Kier molecular flexibility index (Phi) is 3.50. The van der Waals surface area contributed by atoms with Gasteiger partial charge in [-0.2, -0.15) is 0 Å². The van der Waals surface area contributed by atoms with E-state index in [1.54, 1.807) is 7.11 Å². The van der Waals surface area contributed by atoms with E-state index in [4.69, 9.17) is 9.84 Å². The molecule has 1 aliphatic rings. The van der Waals surface area contributed by atoms with E-state index in [-0.39, 0.29) is 6.61 Å². The first-order valence-electron chi connectivity index (χ1n) is 4.59. The monoisotopic (exact) mass is 174 g/mol. The van der Waals surface area contributed by atoms with E-state index in [1.165, 1.54) is 0 Å². The van der Waals surface area contributed by atoms with E-state index < -0.39 is 11.7 Å². The third kappa shape index (κ3) is 1.79. The van der Waals surface area contributed by atoms with Crippen LogP contribution in [0.2, 0.25) is 0 Å². The highest BCUT2D eigenvalue weighted by molar-refractivity contribution is 4.91. The van der Waals surface area contributed by atoms with E-state index in [2.05, 4.69) is 0 Å². The summed E-state index contributed by atoms with van der Waals surface area (Å²) >= 11 is 0. The maximum atomic E-state index is 9.71. The zero-order chi connectivity index (χ0) is 9.03. The zero-order valence-corrected chi connectivity index (χ0v) is 7.62. The largest absolute Gasteiger partial charge is 0.396 e. The summed E-state index contributed by atoms with van der Waals surface area (Å²) in [6.45, 7) is 0.0882. The van der Waals surface area contributed by atoms with Crippen LogP contribution < -0.4 is 0 Å². The Hall–Kier alpha value is -0.120. The Morgan fingerprint density at radius 2 is 2.25 bits per heavy atom. The standard InChI is InChI=1S/C9H18O3/c1-12-9(6-7-10)5-3-2-4-8(9)11/h8,10-11H,2-7H2,1H3/t8-,9?/m1/s1. The van der Waals surface area contributed by atoms with Crippen molar-refractivity contribution in [3.05, 3.63) is 0 Å². The van der Waals surface area contributed by atoms with Crippen molar-refractivity contribution in [2.45, 2.75) is 43.8 Å². The van der Waals surface area contributed by atoms with E-state index in [0.29, 0.717) is 6.42 Å². The highest BCUT2D eigenvalue weighted by atomic mass is 16.5. The van der Waals surface area contributed by atoms with Gasteiger partial charge in [0.1, 0.15) is 0 Å². The summed E-state index contributed by atoms with van der Waals surface area (Å²) < 4.78 is 5.32. The van der Waals surface area contributed by atoms with Crippen LogP contribution in [0.4, 0.5) is 0 Å². The minimum Gasteiger partial charge on any atom is -0.396 e. The average molecular weight is 174 g/mol. The topological polar surface area (TPSA) is 49.7 Å². The lowest BCUT2D eigenvalue weighted by molar-refractivity contribution is -0.134. The van der Waals surface area contributed by atoms with Gasteiger partial charge in [0.05, 0.1) is 11.7 Å². The van der Waals surface area contributed by atoms with Gasteiger partial charge in [-0.25, -0.2) is 0 Å². The van der Waals surface area contributed by atoms with Gasteiger partial charge < -0.3 is 14.9 Å². The van der Waals surface area contributed by atoms with Crippen molar-refractivity contribution in [1.29, 1.82) is 0 Å². The summed E-state index contributed by atoms with van der Waals surface area (Å²) in [5.41, 5.74) is -0.465. The van der Waals surface area contributed by atoms with Crippen molar-refractivity contribution in [3.8, 4) is 0 Å².